The number of carbonyl (C=O) groups excluding carboxylic acids is 1. The van der Waals surface area contributed by atoms with E-state index < -0.39 is 35.8 Å². The van der Waals surface area contributed by atoms with Crippen molar-refractivity contribution >= 4 is 27.5 Å². The molecule has 2 unspecified atom stereocenters. The first-order chi connectivity index (χ1) is 22.4. The van der Waals surface area contributed by atoms with Crippen LogP contribution in [0.15, 0.2) is 21.9 Å². The molecule has 5 atom stereocenters. The molecule has 0 spiro atoms. The number of aromatic amines is 1. The van der Waals surface area contributed by atoms with Gasteiger partial charge in [0.1, 0.15) is 24.9 Å². The number of hydrogen-bond donors (Lipinski definition) is 2. The van der Waals surface area contributed by atoms with Crippen LogP contribution in [0.5, 0.6) is 0 Å². The Balaban J connectivity index is 1.41. The van der Waals surface area contributed by atoms with E-state index in [9.17, 15) is 19.5 Å². The summed E-state index contributed by atoms with van der Waals surface area (Å²) in [6.07, 6.45) is 20.0. The fraction of sp³-hybridized carbons (Fsp3) is 0.853. The van der Waals surface area contributed by atoms with Crippen LogP contribution in [0.2, 0.25) is 0 Å². The predicted octanol–water partition coefficient (Wildman–Crippen LogP) is 6.77. The normalized spacial score (nSPS) is 22.9. The number of aliphatic hydroxyl groups is 1. The van der Waals surface area contributed by atoms with Crippen molar-refractivity contribution in [2.75, 3.05) is 26.0 Å². The van der Waals surface area contributed by atoms with Gasteiger partial charge in [-0.2, -0.15) is 0 Å². The van der Waals surface area contributed by atoms with Crippen molar-refractivity contribution in [3.05, 3.63) is 33.1 Å². The number of unbranched alkanes of at least 4 members (excludes halogenated alkanes) is 14. The molecule has 1 aromatic heterocycles. The maximum absolute atomic E-state index is 13.3. The second-order valence-electron chi connectivity index (χ2n) is 12.7. The summed E-state index contributed by atoms with van der Waals surface area (Å²) in [5.74, 6) is 1.17. The van der Waals surface area contributed by atoms with Crippen LogP contribution in [-0.2, 0) is 19.1 Å². The largest absolute Gasteiger partial charge is 0.387 e. The molecular weight excluding hydrogens is 627 g/mol. The average Bonchev–Trinajstić information content (AvgIpc) is 3.68. The predicted molar refractivity (Wildman–Crippen MR) is 187 cm³/mol. The zero-order valence-electron chi connectivity index (χ0n) is 28.2. The molecule has 2 saturated heterocycles. The molecule has 0 aliphatic carbocycles. The van der Waals surface area contributed by atoms with Crippen molar-refractivity contribution in [1.29, 1.82) is 0 Å². The van der Waals surface area contributed by atoms with Crippen molar-refractivity contribution in [3.63, 3.8) is 0 Å². The Morgan fingerprint density at radius 1 is 1.00 bits per heavy atom. The Kier molecular flexibility index (Phi) is 19.7. The topological polar surface area (TPSA) is 123 Å². The van der Waals surface area contributed by atoms with E-state index in [2.05, 4.69) is 11.9 Å². The molecule has 0 radical (unpaired) electrons. The van der Waals surface area contributed by atoms with E-state index in [1.54, 1.807) is 0 Å². The van der Waals surface area contributed by atoms with Crippen LogP contribution in [0.3, 0.4) is 0 Å². The van der Waals surface area contributed by atoms with E-state index in [0.717, 1.165) is 38.5 Å². The molecule has 1 amide bonds. The molecular formula is C34H59N3O7S2. The number of aromatic nitrogens is 2. The average molecular weight is 686 g/mol. The Bertz CT molecular complexity index is 1080. The van der Waals surface area contributed by atoms with Gasteiger partial charge in [0.2, 0.25) is 5.91 Å². The fourth-order valence-corrected chi connectivity index (χ4v) is 9.20. The second kappa shape index (κ2) is 23.1. The van der Waals surface area contributed by atoms with E-state index in [4.69, 9.17) is 14.3 Å². The Hall–Kier alpha value is -1.31. The van der Waals surface area contributed by atoms with Gasteiger partial charge in [-0.25, -0.2) is 9.86 Å². The highest BCUT2D eigenvalue weighted by Crippen LogP contribution is 2.40. The van der Waals surface area contributed by atoms with Crippen molar-refractivity contribution < 1.29 is 24.2 Å². The summed E-state index contributed by atoms with van der Waals surface area (Å²) >= 11 is 0. The van der Waals surface area contributed by atoms with Crippen LogP contribution in [0.25, 0.3) is 0 Å². The number of rotatable bonds is 25. The summed E-state index contributed by atoms with van der Waals surface area (Å²) in [5, 5.41) is 13.1. The number of aliphatic hydroxyl groups excluding tert-OH is 1. The monoisotopic (exact) mass is 685 g/mol. The Labute approximate surface area is 283 Å². The minimum absolute atomic E-state index is 0.0488. The first-order valence-corrected chi connectivity index (χ1v) is 20.2. The molecule has 12 heteroatoms. The lowest BCUT2D eigenvalue weighted by atomic mass is 10.0. The minimum atomic E-state index is -1.09. The van der Waals surface area contributed by atoms with E-state index in [1.807, 2.05) is 21.6 Å². The van der Waals surface area contributed by atoms with Crippen LogP contribution in [0.1, 0.15) is 135 Å². The molecule has 2 N–H and O–H groups in total. The lowest BCUT2D eigenvalue weighted by Crippen LogP contribution is -2.40. The molecule has 264 valence electrons. The highest BCUT2D eigenvalue weighted by Gasteiger charge is 2.46. The van der Waals surface area contributed by atoms with E-state index >= 15 is 0 Å². The summed E-state index contributed by atoms with van der Waals surface area (Å²) in [6, 6.07) is 1.22. The molecule has 10 nitrogen and oxygen atoms in total. The quantitative estimate of drug-likeness (QED) is 0.0653. The number of hydroxylamine groups is 2. The number of ether oxygens (including phenoxy) is 2. The smallest absolute Gasteiger partial charge is 0.330 e. The number of nitrogens with zero attached hydrogens (tertiary/aromatic N) is 2. The Morgan fingerprint density at radius 2 is 1.65 bits per heavy atom. The van der Waals surface area contributed by atoms with Gasteiger partial charge >= 0.3 is 5.69 Å². The molecule has 0 saturated carbocycles. The van der Waals surface area contributed by atoms with Crippen LogP contribution in [0.4, 0.5) is 0 Å². The van der Waals surface area contributed by atoms with Crippen LogP contribution in [0, 0.1) is 0 Å². The molecule has 0 bridgehead atoms. The zero-order valence-corrected chi connectivity index (χ0v) is 29.8. The van der Waals surface area contributed by atoms with Crippen molar-refractivity contribution in [2.24, 2.45) is 0 Å². The molecule has 2 fully saturated rings. The highest BCUT2D eigenvalue weighted by molar-refractivity contribution is 8.77. The van der Waals surface area contributed by atoms with Gasteiger partial charge < -0.3 is 14.6 Å². The Morgan fingerprint density at radius 3 is 2.24 bits per heavy atom. The van der Waals surface area contributed by atoms with Crippen LogP contribution in [-0.4, -0.2) is 75.2 Å². The first kappa shape index (κ1) is 39.1. The molecule has 0 aromatic carbocycles. The van der Waals surface area contributed by atoms with Crippen molar-refractivity contribution in [3.8, 4) is 0 Å². The van der Waals surface area contributed by atoms with E-state index in [0.29, 0.717) is 18.2 Å². The number of methoxy groups -OCH3 is 1. The molecule has 2 aliphatic heterocycles. The van der Waals surface area contributed by atoms with Gasteiger partial charge in [0, 0.05) is 43.3 Å². The van der Waals surface area contributed by atoms with Crippen LogP contribution >= 0.6 is 21.6 Å². The minimum Gasteiger partial charge on any atom is -0.387 e. The standard InChI is InChI=1S/C34H59N3O7S2/c1-3-4-5-6-7-8-9-10-11-12-13-14-15-18-23-37(30(39)20-17-16-19-27-22-25-45-46-27)43-26-28-31(40)32(42-2)33(44-28)36-24-21-29(38)35-34(36)41/h21,24,27-28,31-33,40H,3-20,22-23,25-26H2,1-2H3,(H,35,38,41)/t27-,28-,31?,32?,33-/m1/s1. The molecule has 3 rings (SSSR count). The third-order valence-electron chi connectivity index (χ3n) is 8.99. The number of hydrogen-bond acceptors (Lipinski definition) is 9. The third-order valence-corrected chi connectivity index (χ3v) is 12.0. The fourth-order valence-electron chi connectivity index (χ4n) is 6.17. The van der Waals surface area contributed by atoms with Gasteiger partial charge in [-0.3, -0.25) is 24.0 Å². The zero-order chi connectivity index (χ0) is 33.0. The van der Waals surface area contributed by atoms with E-state index in [-0.39, 0.29) is 12.5 Å². The molecule has 1 aromatic rings. The summed E-state index contributed by atoms with van der Waals surface area (Å²) in [4.78, 5) is 45.4. The number of nitrogens with one attached hydrogen (secondary N) is 1. The van der Waals surface area contributed by atoms with Gasteiger partial charge in [0.05, 0.1) is 0 Å². The van der Waals surface area contributed by atoms with Crippen LogP contribution < -0.4 is 11.2 Å². The van der Waals surface area contributed by atoms with Crippen molar-refractivity contribution in [2.45, 2.75) is 159 Å². The summed E-state index contributed by atoms with van der Waals surface area (Å²) in [6.45, 7) is 2.69. The number of carbonyl (C=O) groups is 1. The van der Waals surface area contributed by atoms with Gasteiger partial charge in [-0.15, -0.1) is 0 Å². The molecule has 2 aliphatic rings. The maximum atomic E-state index is 13.3. The molecule has 46 heavy (non-hydrogen) atoms. The first-order valence-electron chi connectivity index (χ1n) is 17.8. The lowest BCUT2D eigenvalue weighted by Gasteiger charge is -2.25. The SMILES string of the molecule is CCCCCCCCCCCCCCCCN(OC[C@H]1O[C@@H](n2ccc(=O)[nH]c2=O)C(OC)C1O)C(=O)CCCC[C@@H]1CCSS1. The number of amides is 1. The van der Waals surface area contributed by atoms with E-state index in [1.165, 1.54) is 112 Å². The number of H-pyrrole nitrogens is 1. The van der Waals surface area contributed by atoms with Gasteiger partial charge in [0.15, 0.2) is 6.23 Å². The van der Waals surface area contributed by atoms with Gasteiger partial charge in [-0.05, 0) is 25.7 Å². The third kappa shape index (κ3) is 14.0. The summed E-state index contributed by atoms with van der Waals surface area (Å²) in [5.41, 5.74) is -1.18. The lowest BCUT2D eigenvalue weighted by molar-refractivity contribution is -0.203. The van der Waals surface area contributed by atoms with Gasteiger partial charge in [-0.1, -0.05) is 118 Å². The second-order valence-corrected chi connectivity index (χ2v) is 15.5. The summed E-state index contributed by atoms with van der Waals surface area (Å²) in [7, 11) is 5.34. The summed E-state index contributed by atoms with van der Waals surface area (Å²) < 4.78 is 12.6. The van der Waals surface area contributed by atoms with Gasteiger partial charge in [0.25, 0.3) is 5.56 Å². The highest BCUT2D eigenvalue weighted by atomic mass is 33.1. The molecule has 3 heterocycles. The maximum Gasteiger partial charge on any atom is 0.330 e. The van der Waals surface area contributed by atoms with Crippen molar-refractivity contribution in [1.82, 2.24) is 14.6 Å².